The molecule has 2 unspecified atom stereocenters. The van der Waals surface area contributed by atoms with E-state index >= 15 is 0 Å². The van der Waals surface area contributed by atoms with Crippen LogP contribution in [0.4, 0.5) is 4.39 Å². The summed E-state index contributed by atoms with van der Waals surface area (Å²) in [4.78, 5) is 14.0. The Bertz CT molecular complexity index is 1580. The van der Waals surface area contributed by atoms with E-state index in [-0.39, 0.29) is 23.1 Å². The van der Waals surface area contributed by atoms with Crippen molar-refractivity contribution in [3.8, 4) is 17.1 Å². The van der Waals surface area contributed by atoms with Gasteiger partial charge in [-0.3, -0.25) is 4.98 Å². The molecule has 4 aromatic rings. The van der Waals surface area contributed by atoms with Gasteiger partial charge in [-0.05, 0) is 75.9 Å². The maximum absolute atomic E-state index is 13.3. The minimum Gasteiger partial charge on any atom is -0.598 e. The van der Waals surface area contributed by atoms with Gasteiger partial charge in [-0.2, -0.15) is 5.10 Å². The molecule has 0 radical (unpaired) electrons. The smallest absolute Gasteiger partial charge is 0.192 e. The van der Waals surface area contributed by atoms with E-state index in [1.54, 1.807) is 35.4 Å². The van der Waals surface area contributed by atoms with Gasteiger partial charge in [0.15, 0.2) is 14.1 Å². The maximum atomic E-state index is 13.3. The van der Waals surface area contributed by atoms with Gasteiger partial charge in [0.25, 0.3) is 0 Å². The van der Waals surface area contributed by atoms with E-state index < -0.39 is 31.1 Å². The van der Waals surface area contributed by atoms with E-state index in [1.807, 2.05) is 45.0 Å². The van der Waals surface area contributed by atoms with Crippen molar-refractivity contribution in [3.05, 3.63) is 66.4 Å². The second-order valence-electron chi connectivity index (χ2n) is 14.0. The van der Waals surface area contributed by atoms with Gasteiger partial charge in [0.2, 0.25) is 0 Å². The van der Waals surface area contributed by atoms with E-state index in [0.717, 1.165) is 35.0 Å². The number of hydrogen-bond donors (Lipinski definition) is 1. The summed E-state index contributed by atoms with van der Waals surface area (Å²) in [6, 6.07) is 11.0. The first-order valence-electron chi connectivity index (χ1n) is 14.8. The molecule has 43 heavy (non-hydrogen) atoms. The Labute approximate surface area is 258 Å². The summed E-state index contributed by atoms with van der Waals surface area (Å²) in [5.74, 6) is 0.777. The molecule has 1 aliphatic carbocycles. The Morgan fingerprint density at radius 1 is 1.07 bits per heavy atom. The Kier molecular flexibility index (Phi) is 8.85. The Hall–Kier alpha value is -2.70. The molecule has 8 nitrogen and oxygen atoms in total. The highest BCUT2D eigenvalue weighted by Crippen LogP contribution is 2.45. The third-order valence-electron chi connectivity index (χ3n) is 8.64. The average molecular weight is 623 g/mol. The van der Waals surface area contributed by atoms with Crippen LogP contribution in [0.2, 0.25) is 18.1 Å². The Morgan fingerprint density at radius 2 is 1.81 bits per heavy atom. The van der Waals surface area contributed by atoms with Crippen LogP contribution in [0.1, 0.15) is 71.8 Å². The number of rotatable bonds is 9. The lowest BCUT2D eigenvalue weighted by molar-refractivity contribution is 0.0365. The van der Waals surface area contributed by atoms with Gasteiger partial charge >= 0.3 is 0 Å². The molecule has 230 valence electrons. The number of hydrogen-bond acceptors (Lipinski definition) is 7. The van der Waals surface area contributed by atoms with Gasteiger partial charge in [0.1, 0.15) is 11.4 Å². The molecule has 0 saturated heterocycles. The second kappa shape index (κ2) is 12.0. The number of aromatic nitrogens is 5. The van der Waals surface area contributed by atoms with Crippen LogP contribution in [0.15, 0.2) is 55.0 Å². The third-order valence-corrected chi connectivity index (χ3v) is 14.8. The lowest BCUT2D eigenvalue weighted by Gasteiger charge is -2.46. The zero-order valence-corrected chi connectivity index (χ0v) is 28.2. The van der Waals surface area contributed by atoms with Crippen LogP contribution in [0, 0.1) is 5.92 Å². The highest BCUT2D eigenvalue weighted by atomic mass is 32.2. The summed E-state index contributed by atoms with van der Waals surface area (Å²) in [5, 5.41) is 5.59. The van der Waals surface area contributed by atoms with Gasteiger partial charge in [0.05, 0.1) is 47.2 Å². The van der Waals surface area contributed by atoms with E-state index in [4.69, 9.17) is 9.41 Å². The highest BCUT2D eigenvalue weighted by Gasteiger charge is 2.46. The quantitative estimate of drug-likeness (QED) is 0.155. The monoisotopic (exact) mass is 622 g/mol. The van der Waals surface area contributed by atoms with Crippen molar-refractivity contribution < 1.29 is 13.4 Å². The summed E-state index contributed by atoms with van der Waals surface area (Å²) in [5.41, 5.74) is 3.53. The van der Waals surface area contributed by atoms with E-state index in [1.165, 1.54) is 0 Å². The number of halogens is 1. The number of nitrogens with one attached hydrogen (secondary N) is 1. The molecule has 5 rings (SSSR count). The average Bonchev–Trinajstić information content (AvgIpc) is 3.36. The van der Waals surface area contributed by atoms with Crippen molar-refractivity contribution >= 4 is 30.6 Å². The first-order chi connectivity index (χ1) is 20.2. The summed E-state index contributed by atoms with van der Waals surface area (Å²) in [6.45, 7) is 16.6. The van der Waals surface area contributed by atoms with Crippen molar-refractivity contribution in [2.24, 2.45) is 5.92 Å². The number of benzene rings is 1. The Balaban J connectivity index is 1.44. The number of alkyl halides is 1. The maximum Gasteiger partial charge on any atom is 0.192 e. The summed E-state index contributed by atoms with van der Waals surface area (Å²) in [6.07, 6.45) is 7.25. The minimum atomic E-state index is -1.89. The molecule has 2 atom stereocenters. The fraction of sp³-hybridized carbons (Fsp3) is 0.500. The molecule has 3 aromatic heterocycles. The number of nitrogens with zero attached hydrogens (tertiary/aromatic N) is 5. The first-order valence-corrected chi connectivity index (χ1v) is 18.9. The number of fused-ring (bicyclic) bond motifs is 1. The zero-order valence-electron chi connectivity index (χ0n) is 26.4. The van der Waals surface area contributed by atoms with Crippen LogP contribution in [0.3, 0.4) is 0 Å². The van der Waals surface area contributed by atoms with Crippen molar-refractivity contribution in [2.75, 3.05) is 0 Å². The second-order valence-corrected chi connectivity index (χ2v) is 20.7. The van der Waals surface area contributed by atoms with Crippen LogP contribution in [-0.2, 0) is 22.5 Å². The molecule has 0 amide bonds. The minimum absolute atomic E-state index is 0.145. The van der Waals surface area contributed by atoms with E-state index in [0.29, 0.717) is 17.2 Å². The van der Waals surface area contributed by atoms with E-state index in [2.05, 4.69) is 53.7 Å². The molecule has 0 aliphatic heterocycles. The van der Waals surface area contributed by atoms with Crippen molar-refractivity contribution in [1.82, 2.24) is 29.5 Å². The summed E-state index contributed by atoms with van der Waals surface area (Å²) >= 11 is -1.29. The van der Waals surface area contributed by atoms with Gasteiger partial charge < -0.3 is 8.98 Å². The van der Waals surface area contributed by atoms with E-state index in [9.17, 15) is 8.94 Å². The van der Waals surface area contributed by atoms with Crippen LogP contribution >= 0.6 is 0 Å². The standard InChI is InChI=1S/C32H43FN6O2SSi/c1-31(2,3)42(40)38-30(23-14-25(15-23)41-43(7,8)32(4,5)6)27-20-34-19-26(37-27)21-12-13-22-18-35-39(28(22)16-21)29-11-9-10-24(17-33)36-29/h9-13,16,18-20,23,25,30,38H,14-15,17H2,1-8H3. The van der Waals surface area contributed by atoms with Crippen molar-refractivity contribution in [1.29, 1.82) is 0 Å². The van der Waals surface area contributed by atoms with Crippen LogP contribution in [-0.4, -0.2) is 48.5 Å². The fourth-order valence-electron chi connectivity index (χ4n) is 4.95. The highest BCUT2D eigenvalue weighted by molar-refractivity contribution is 7.90. The third kappa shape index (κ3) is 6.86. The molecule has 1 saturated carbocycles. The van der Waals surface area contributed by atoms with Gasteiger partial charge in [-0.15, -0.1) is 4.72 Å². The molecular weight excluding hydrogens is 580 g/mol. The Morgan fingerprint density at radius 3 is 2.49 bits per heavy atom. The van der Waals surface area contributed by atoms with Crippen LogP contribution < -0.4 is 4.72 Å². The molecule has 11 heteroatoms. The lowest BCUT2D eigenvalue weighted by atomic mass is 9.76. The molecular formula is C32H43FN6O2SSi. The van der Waals surface area contributed by atoms with Gasteiger partial charge in [-0.1, -0.05) is 39.0 Å². The predicted molar refractivity (Wildman–Crippen MR) is 173 cm³/mol. The van der Waals surface area contributed by atoms with Crippen molar-refractivity contribution in [2.45, 2.75) is 96.1 Å². The van der Waals surface area contributed by atoms with Crippen LogP contribution in [0.25, 0.3) is 28.0 Å². The molecule has 1 aromatic carbocycles. The first kappa shape index (κ1) is 31.7. The predicted octanol–water partition coefficient (Wildman–Crippen LogP) is 7.24. The molecule has 0 spiro atoms. The SMILES string of the molecule is CC(C)(C)[S+]([O-])NC(c1cncc(-c2ccc3cnn(-c4cccc(CF)n4)c3c2)n1)C1CC(O[Si](C)(C)C(C)(C)C)C1. The topological polar surface area (TPSA) is 101 Å². The van der Waals surface area contributed by atoms with Crippen molar-refractivity contribution in [3.63, 3.8) is 0 Å². The molecule has 1 N–H and O–H groups in total. The number of pyridine rings is 1. The fourth-order valence-corrected chi connectivity index (χ4v) is 7.22. The molecule has 1 fully saturated rings. The summed E-state index contributed by atoms with van der Waals surface area (Å²) < 4.78 is 38.0. The lowest BCUT2D eigenvalue weighted by Crippen LogP contribution is -2.51. The van der Waals surface area contributed by atoms with Gasteiger partial charge in [-0.25, -0.2) is 19.0 Å². The normalized spacial score (nSPS) is 19.3. The molecule has 3 heterocycles. The zero-order chi connectivity index (χ0) is 31.2. The summed E-state index contributed by atoms with van der Waals surface area (Å²) in [7, 11) is -1.89. The van der Waals surface area contributed by atoms with Crippen LogP contribution in [0.5, 0.6) is 0 Å². The van der Waals surface area contributed by atoms with Gasteiger partial charge in [0, 0.05) is 28.4 Å². The molecule has 1 aliphatic rings. The molecule has 0 bridgehead atoms. The largest absolute Gasteiger partial charge is 0.598 e.